The highest BCUT2D eigenvalue weighted by Crippen LogP contribution is 2.26. The highest BCUT2D eigenvalue weighted by molar-refractivity contribution is 5.34. The fourth-order valence-electron chi connectivity index (χ4n) is 1.44. The first-order chi connectivity index (χ1) is 6.11. The van der Waals surface area contributed by atoms with Gasteiger partial charge in [-0.05, 0) is 18.4 Å². The molecule has 0 saturated carbocycles. The van der Waals surface area contributed by atoms with Crippen molar-refractivity contribution >= 4 is 0 Å². The molecule has 3 N–H and O–H groups in total. The van der Waals surface area contributed by atoms with Crippen LogP contribution in [-0.4, -0.2) is 5.11 Å². The normalized spacial score (nSPS) is 13.2. The Kier molecular flexibility index (Phi) is 3.32. The number of hydrogen-bond donors (Lipinski definition) is 2. The van der Waals surface area contributed by atoms with Crippen LogP contribution in [0, 0.1) is 5.92 Å². The smallest absolute Gasteiger partial charge is 0.120 e. The zero-order valence-corrected chi connectivity index (χ0v) is 8.20. The van der Waals surface area contributed by atoms with Crippen LogP contribution in [0.25, 0.3) is 0 Å². The summed E-state index contributed by atoms with van der Waals surface area (Å²) in [6.07, 6.45) is 0.900. The summed E-state index contributed by atoms with van der Waals surface area (Å²) in [5.41, 5.74) is 6.78. The average Bonchev–Trinajstić information content (AvgIpc) is 2.03. The average molecular weight is 179 g/mol. The van der Waals surface area contributed by atoms with Gasteiger partial charge in [0.15, 0.2) is 0 Å². The van der Waals surface area contributed by atoms with Gasteiger partial charge in [-0.2, -0.15) is 0 Å². The molecule has 0 aliphatic heterocycles. The third-order valence-corrected chi connectivity index (χ3v) is 2.06. The lowest BCUT2D eigenvalue weighted by molar-refractivity contribution is 0.445. The van der Waals surface area contributed by atoms with E-state index in [1.165, 1.54) is 0 Å². The van der Waals surface area contributed by atoms with Gasteiger partial charge in [0.2, 0.25) is 0 Å². The van der Waals surface area contributed by atoms with Crippen LogP contribution in [0.3, 0.4) is 0 Å². The van der Waals surface area contributed by atoms with Crippen molar-refractivity contribution in [1.29, 1.82) is 0 Å². The first-order valence-corrected chi connectivity index (χ1v) is 4.64. The maximum Gasteiger partial charge on any atom is 0.120 e. The van der Waals surface area contributed by atoms with Crippen molar-refractivity contribution in [3.8, 4) is 5.75 Å². The molecular weight excluding hydrogens is 162 g/mol. The van der Waals surface area contributed by atoms with Crippen LogP contribution < -0.4 is 5.73 Å². The minimum absolute atomic E-state index is 0.0544. The van der Waals surface area contributed by atoms with Crippen molar-refractivity contribution in [2.75, 3.05) is 0 Å². The molecule has 0 amide bonds. The summed E-state index contributed by atoms with van der Waals surface area (Å²) in [6, 6.07) is 7.20. The highest BCUT2D eigenvalue weighted by Gasteiger charge is 2.11. The summed E-state index contributed by atoms with van der Waals surface area (Å²) < 4.78 is 0. The molecule has 0 fully saturated rings. The van der Waals surface area contributed by atoms with E-state index in [-0.39, 0.29) is 6.04 Å². The predicted octanol–water partition coefficient (Wildman–Crippen LogP) is 2.44. The van der Waals surface area contributed by atoms with Gasteiger partial charge in [0.25, 0.3) is 0 Å². The van der Waals surface area contributed by atoms with E-state index in [9.17, 15) is 5.11 Å². The molecule has 0 radical (unpaired) electrons. The topological polar surface area (TPSA) is 46.2 Å². The number of para-hydroxylation sites is 1. The van der Waals surface area contributed by atoms with Crippen molar-refractivity contribution in [3.63, 3.8) is 0 Å². The summed E-state index contributed by atoms with van der Waals surface area (Å²) in [5, 5.41) is 9.51. The third kappa shape index (κ3) is 2.74. The van der Waals surface area contributed by atoms with Gasteiger partial charge in [-0.1, -0.05) is 32.0 Å². The fourth-order valence-corrected chi connectivity index (χ4v) is 1.44. The third-order valence-electron chi connectivity index (χ3n) is 2.06. The molecule has 2 heteroatoms. The standard InChI is InChI=1S/C11H17NO/c1-8(2)7-10(12)9-5-3-4-6-11(9)13/h3-6,8,10,13H,7,12H2,1-2H3/t10-/m1/s1. The molecule has 0 aliphatic carbocycles. The Labute approximate surface area is 79.4 Å². The summed E-state index contributed by atoms with van der Waals surface area (Å²) in [5.74, 6) is 0.852. The van der Waals surface area contributed by atoms with Crippen LogP contribution in [-0.2, 0) is 0 Å². The lowest BCUT2D eigenvalue weighted by Crippen LogP contribution is -2.12. The van der Waals surface area contributed by atoms with Gasteiger partial charge in [-0.15, -0.1) is 0 Å². The van der Waals surface area contributed by atoms with E-state index in [4.69, 9.17) is 5.73 Å². The molecular formula is C11H17NO. The molecule has 0 heterocycles. The second kappa shape index (κ2) is 4.28. The van der Waals surface area contributed by atoms with E-state index in [1.807, 2.05) is 12.1 Å². The predicted molar refractivity (Wildman–Crippen MR) is 54.5 cm³/mol. The van der Waals surface area contributed by atoms with E-state index < -0.39 is 0 Å². The van der Waals surface area contributed by atoms with Gasteiger partial charge in [0, 0.05) is 11.6 Å². The number of nitrogens with two attached hydrogens (primary N) is 1. The Morgan fingerprint density at radius 3 is 2.46 bits per heavy atom. The summed E-state index contributed by atoms with van der Waals surface area (Å²) in [4.78, 5) is 0. The largest absolute Gasteiger partial charge is 0.508 e. The lowest BCUT2D eigenvalue weighted by atomic mass is 9.97. The van der Waals surface area contributed by atoms with Crippen LogP contribution >= 0.6 is 0 Å². The van der Waals surface area contributed by atoms with E-state index >= 15 is 0 Å². The Hall–Kier alpha value is -1.02. The Balaban J connectivity index is 2.76. The van der Waals surface area contributed by atoms with Gasteiger partial charge < -0.3 is 10.8 Å². The monoisotopic (exact) mass is 179 g/mol. The molecule has 0 saturated heterocycles. The maximum absolute atomic E-state index is 9.51. The molecule has 72 valence electrons. The van der Waals surface area contributed by atoms with Crippen LogP contribution in [0.5, 0.6) is 5.75 Å². The van der Waals surface area contributed by atoms with Gasteiger partial charge in [0.05, 0.1) is 0 Å². The lowest BCUT2D eigenvalue weighted by Gasteiger charge is -2.15. The van der Waals surface area contributed by atoms with Crippen molar-refractivity contribution in [2.45, 2.75) is 26.3 Å². The SMILES string of the molecule is CC(C)C[C@@H](N)c1ccccc1O. The molecule has 13 heavy (non-hydrogen) atoms. The van der Waals surface area contributed by atoms with Crippen LogP contribution in [0.2, 0.25) is 0 Å². The van der Waals surface area contributed by atoms with E-state index in [0.29, 0.717) is 11.7 Å². The Morgan fingerprint density at radius 2 is 1.92 bits per heavy atom. The van der Waals surface area contributed by atoms with Gasteiger partial charge in [0.1, 0.15) is 5.75 Å². The van der Waals surface area contributed by atoms with Crippen molar-refractivity contribution in [3.05, 3.63) is 29.8 Å². The van der Waals surface area contributed by atoms with Crippen molar-refractivity contribution in [2.24, 2.45) is 11.7 Å². The molecule has 0 unspecified atom stereocenters. The van der Waals surface area contributed by atoms with E-state index in [2.05, 4.69) is 13.8 Å². The molecule has 1 atom stereocenters. The van der Waals surface area contributed by atoms with E-state index in [0.717, 1.165) is 12.0 Å². The van der Waals surface area contributed by atoms with Gasteiger partial charge in [-0.3, -0.25) is 0 Å². The number of phenolic OH excluding ortho intramolecular Hbond substituents is 1. The number of phenols is 1. The molecule has 0 aliphatic rings. The molecule has 1 rings (SSSR count). The van der Waals surface area contributed by atoms with E-state index in [1.54, 1.807) is 12.1 Å². The van der Waals surface area contributed by atoms with Crippen molar-refractivity contribution < 1.29 is 5.11 Å². The molecule has 0 spiro atoms. The zero-order chi connectivity index (χ0) is 9.84. The minimum atomic E-state index is -0.0544. The van der Waals surface area contributed by atoms with Crippen LogP contribution in [0.1, 0.15) is 31.9 Å². The number of aromatic hydroxyl groups is 1. The maximum atomic E-state index is 9.51. The molecule has 0 bridgehead atoms. The Morgan fingerprint density at radius 1 is 1.31 bits per heavy atom. The number of benzene rings is 1. The number of hydrogen-bond acceptors (Lipinski definition) is 2. The van der Waals surface area contributed by atoms with Gasteiger partial charge in [-0.25, -0.2) is 0 Å². The van der Waals surface area contributed by atoms with Crippen LogP contribution in [0.4, 0.5) is 0 Å². The second-order valence-corrected chi connectivity index (χ2v) is 3.79. The second-order valence-electron chi connectivity index (χ2n) is 3.79. The Bertz CT molecular complexity index is 271. The summed E-state index contributed by atoms with van der Waals surface area (Å²) in [7, 11) is 0. The number of rotatable bonds is 3. The first-order valence-electron chi connectivity index (χ1n) is 4.64. The fraction of sp³-hybridized carbons (Fsp3) is 0.455. The van der Waals surface area contributed by atoms with Crippen molar-refractivity contribution in [1.82, 2.24) is 0 Å². The molecule has 1 aromatic rings. The minimum Gasteiger partial charge on any atom is -0.508 e. The quantitative estimate of drug-likeness (QED) is 0.748. The molecule has 1 aromatic carbocycles. The first kappa shape index (κ1) is 10.1. The zero-order valence-electron chi connectivity index (χ0n) is 8.20. The molecule has 0 aromatic heterocycles. The van der Waals surface area contributed by atoms with Gasteiger partial charge >= 0.3 is 0 Å². The summed E-state index contributed by atoms with van der Waals surface area (Å²) in [6.45, 7) is 4.25. The molecule has 2 nitrogen and oxygen atoms in total. The van der Waals surface area contributed by atoms with Crippen LogP contribution in [0.15, 0.2) is 24.3 Å². The highest BCUT2D eigenvalue weighted by atomic mass is 16.3. The summed E-state index contributed by atoms with van der Waals surface area (Å²) >= 11 is 0.